The van der Waals surface area contributed by atoms with E-state index in [1.165, 1.54) is 4.90 Å². The number of rotatable bonds is 2. The second-order valence-electron chi connectivity index (χ2n) is 3.86. The average molecular weight is 275 g/mol. The predicted molar refractivity (Wildman–Crippen MR) is 69.0 cm³/mol. The van der Waals surface area contributed by atoms with Crippen LogP contribution in [0.25, 0.3) is 0 Å². The number of aliphatic hydroxyl groups excluding tert-OH is 1. The summed E-state index contributed by atoms with van der Waals surface area (Å²) in [6, 6.07) is 2.98. The third-order valence-electron chi connectivity index (χ3n) is 2.66. The Balaban J connectivity index is 2.50. The Kier molecular flexibility index (Phi) is 3.47. The molecule has 4 nitrogen and oxygen atoms in total. The normalized spacial score (nSPS) is 18.9. The van der Waals surface area contributed by atoms with Gasteiger partial charge in [0.15, 0.2) is 0 Å². The second kappa shape index (κ2) is 4.72. The van der Waals surface area contributed by atoms with Crippen LogP contribution >= 0.6 is 23.2 Å². The van der Waals surface area contributed by atoms with E-state index in [-0.39, 0.29) is 25.1 Å². The molecule has 0 spiro atoms. The van der Waals surface area contributed by atoms with Gasteiger partial charge in [-0.25, -0.2) is 0 Å². The molecular formula is C11H12Cl2N2O2. The van der Waals surface area contributed by atoms with Crippen molar-refractivity contribution in [1.82, 2.24) is 0 Å². The molecule has 0 aliphatic carbocycles. The van der Waals surface area contributed by atoms with Crippen LogP contribution in [0.15, 0.2) is 12.1 Å². The number of benzene rings is 1. The van der Waals surface area contributed by atoms with Gasteiger partial charge < -0.3 is 15.3 Å². The van der Waals surface area contributed by atoms with E-state index in [2.05, 4.69) is 5.32 Å². The van der Waals surface area contributed by atoms with Crippen LogP contribution < -0.4 is 10.2 Å². The number of halogens is 2. The van der Waals surface area contributed by atoms with Crippen LogP contribution in [0.1, 0.15) is 6.92 Å². The molecule has 1 heterocycles. The summed E-state index contributed by atoms with van der Waals surface area (Å²) in [6.45, 7) is 1.91. The number of amides is 1. The number of fused-ring (bicyclic) bond motifs is 1. The van der Waals surface area contributed by atoms with Gasteiger partial charge in [0.25, 0.3) is 0 Å². The molecule has 0 bridgehead atoms. The van der Waals surface area contributed by atoms with Crippen molar-refractivity contribution in [3.8, 4) is 0 Å². The van der Waals surface area contributed by atoms with E-state index in [0.29, 0.717) is 15.7 Å². The lowest BCUT2D eigenvalue weighted by atomic mass is 10.1. The number of aliphatic hydroxyl groups is 1. The molecule has 2 rings (SSSR count). The summed E-state index contributed by atoms with van der Waals surface area (Å²) in [6.07, 6.45) is 0. The van der Waals surface area contributed by atoms with E-state index in [1.54, 1.807) is 19.1 Å². The molecule has 1 amide bonds. The topological polar surface area (TPSA) is 52.6 Å². The molecule has 0 aromatic heterocycles. The van der Waals surface area contributed by atoms with Crippen LogP contribution in [0.4, 0.5) is 11.4 Å². The minimum absolute atomic E-state index is 0.0926. The molecule has 0 saturated heterocycles. The van der Waals surface area contributed by atoms with Crippen LogP contribution in [-0.2, 0) is 4.79 Å². The first-order chi connectivity index (χ1) is 8.04. The highest BCUT2D eigenvalue weighted by atomic mass is 35.5. The van der Waals surface area contributed by atoms with Gasteiger partial charge in [-0.1, -0.05) is 23.2 Å². The summed E-state index contributed by atoms with van der Waals surface area (Å²) in [4.78, 5) is 13.5. The number of carbonyl (C=O) groups is 1. The number of hydrogen-bond acceptors (Lipinski definition) is 3. The van der Waals surface area contributed by atoms with Crippen LogP contribution in [0.5, 0.6) is 0 Å². The maximum Gasteiger partial charge on any atom is 0.249 e. The minimum atomic E-state index is -0.341. The molecule has 0 fully saturated rings. The van der Waals surface area contributed by atoms with Gasteiger partial charge in [0.1, 0.15) is 6.04 Å². The molecule has 0 saturated carbocycles. The molecule has 6 heteroatoms. The Labute approximate surface area is 109 Å². The fraction of sp³-hybridized carbons (Fsp3) is 0.364. The lowest BCUT2D eigenvalue weighted by molar-refractivity contribution is -0.119. The molecule has 1 aliphatic rings. The number of nitrogens with zero attached hydrogens (tertiary/aromatic N) is 1. The smallest absolute Gasteiger partial charge is 0.249 e. The largest absolute Gasteiger partial charge is 0.395 e. The van der Waals surface area contributed by atoms with Crippen molar-refractivity contribution in [2.24, 2.45) is 0 Å². The third-order valence-corrected chi connectivity index (χ3v) is 3.38. The summed E-state index contributed by atoms with van der Waals surface area (Å²) in [5.74, 6) is -0.0926. The molecule has 92 valence electrons. The Morgan fingerprint density at radius 3 is 2.71 bits per heavy atom. The van der Waals surface area contributed by atoms with Crippen molar-refractivity contribution in [1.29, 1.82) is 0 Å². The van der Waals surface area contributed by atoms with E-state index in [1.807, 2.05) is 0 Å². The number of anilines is 2. The Hall–Kier alpha value is -0.970. The van der Waals surface area contributed by atoms with Gasteiger partial charge in [0, 0.05) is 6.54 Å². The SMILES string of the molecule is CC1Nc2cc(Cl)c(Cl)cc2N(CCO)C1=O. The summed E-state index contributed by atoms with van der Waals surface area (Å²) < 4.78 is 0. The second-order valence-corrected chi connectivity index (χ2v) is 4.68. The van der Waals surface area contributed by atoms with Gasteiger partial charge in [0.2, 0.25) is 5.91 Å². The van der Waals surface area contributed by atoms with Crippen LogP contribution in [0.2, 0.25) is 10.0 Å². The van der Waals surface area contributed by atoms with Gasteiger partial charge in [-0.15, -0.1) is 0 Å². The highest BCUT2D eigenvalue weighted by Crippen LogP contribution is 2.37. The molecular weight excluding hydrogens is 263 g/mol. The summed E-state index contributed by atoms with van der Waals surface area (Å²) in [5, 5.41) is 12.9. The highest BCUT2D eigenvalue weighted by Gasteiger charge is 2.29. The van der Waals surface area contributed by atoms with Crippen LogP contribution in [0.3, 0.4) is 0 Å². The third kappa shape index (κ3) is 2.20. The zero-order valence-corrected chi connectivity index (χ0v) is 10.7. The fourth-order valence-corrected chi connectivity index (χ4v) is 2.17. The van der Waals surface area contributed by atoms with Crippen molar-refractivity contribution >= 4 is 40.5 Å². The highest BCUT2D eigenvalue weighted by molar-refractivity contribution is 6.42. The fourth-order valence-electron chi connectivity index (χ4n) is 1.85. The van der Waals surface area contributed by atoms with Gasteiger partial charge in [-0.3, -0.25) is 4.79 Å². The zero-order chi connectivity index (χ0) is 12.6. The molecule has 0 radical (unpaired) electrons. The van der Waals surface area contributed by atoms with Gasteiger partial charge in [-0.05, 0) is 19.1 Å². The number of β-amino-alcohol motifs (C(OH)–C–C–N with tert-alkyl or cyclic N) is 1. The van der Waals surface area contributed by atoms with Gasteiger partial charge in [0.05, 0.1) is 28.0 Å². The van der Waals surface area contributed by atoms with Gasteiger partial charge >= 0.3 is 0 Å². The maximum atomic E-state index is 12.0. The van der Waals surface area contributed by atoms with Crippen molar-refractivity contribution in [2.45, 2.75) is 13.0 Å². The first-order valence-corrected chi connectivity index (χ1v) is 5.98. The quantitative estimate of drug-likeness (QED) is 0.869. The summed E-state index contributed by atoms with van der Waals surface area (Å²) >= 11 is 11.9. The molecule has 17 heavy (non-hydrogen) atoms. The van der Waals surface area contributed by atoms with E-state index in [0.717, 1.165) is 5.69 Å². The van der Waals surface area contributed by atoms with Crippen molar-refractivity contribution < 1.29 is 9.90 Å². The summed E-state index contributed by atoms with van der Waals surface area (Å²) in [7, 11) is 0. The Bertz CT molecular complexity index is 465. The van der Waals surface area contributed by atoms with E-state index in [4.69, 9.17) is 28.3 Å². The first-order valence-electron chi connectivity index (χ1n) is 5.22. The standard InChI is InChI=1S/C11H12Cl2N2O2/c1-6-11(17)15(2-3-16)10-5-8(13)7(12)4-9(10)14-6/h4-6,14,16H,2-3H2,1H3. The van der Waals surface area contributed by atoms with E-state index < -0.39 is 0 Å². The van der Waals surface area contributed by atoms with Crippen molar-refractivity contribution in [3.05, 3.63) is 22.2 Å². The Morgan fingerprint density at radius 2 is 2.06 bits per heavy atom. The molecule has 1 aromatic rings. The number of carbonyl (C=O) groups excluding carboxylic acids is 1. The van der Waals surface area contributed by atoms with Gasteiger partial charge in [-0.2, -0.15) is 0 Å². The monoisotopic (exact) mass is 274 g/mol. The maximum absolute atomic E-state index is 12.0. The van der Waals surface area contributed by atoms with Crippen LogP contribution in [0, 0.1) is 0 Å². The molecule has 1 atom stereocenters. The minimum Gasteiger partial charge on any atom is -0.395 e. The molecule has 1 unspecified atom stereocenters. The first kappa shape index (κ1) is 12.5. The van der Waals surface area contributed by atoms with Crippen molar-refractivity contribution in [2.75, 3.05) is 23.4 Å². The number of hydrogen-bond donors (Lipinski definition) is 2. The lowest BCUT2D eigenvalue weighted by Gasteiger charge is -2.33. The van der Waals surface area contributed by atoms with E-state index in [9.17, 15) is 4.79 Å². The van der Waals surface area contributed by atoms with Crippen LogP contribution in [-0.4, -0.2) is 30.2 Å². The molecule has 1 aromatic carbocycles. The summed E-state index contributed by atoms with van der Waals surface area (Å²) in [5.41, 5.74) is 1.40. The van der Waals surface area contributed by atoms with Crippen molar-refractivity contribution in [3.63, 3.8) is 0 Å². The zero-order valence-electron chi connectivity index (χ0n) is 9.20. The lowest BCUT2D eigenvalue weighted by Crippen LogP contribution is -2.46. The Morgan fingerprint density at radius 1 is 1.41 bits per heavy atom. The van der Waals surface area contributed by atoms with E-state index >= 15 is 0 Å². The molecule has 1 aliphatic heterocycles. The molecule has 2 N–H and O–H groups in total. The average Bonchev–Trinajstić information content (AvgIpc) is 2.28. The number of nitrogens with one attached hydrogen (secondary N) is 1. The predicted octanol–water partition coefficient (Wildman–Crippen LogP) is 2.13.